The maximum absolute atomic E-state index is 11.4. The summed E-state index contributed by atoms with van der Waals surface area (Å²) in [5.41, 5.74) is 0. The van der Waals surface area contributed by atoms with Gasteiger partial charge >= 0.3 is 0 Å². The van der Waals surface area contributed by atoms with Gasteiger partial charge in [0, 0.05) is 47.5 Å². The van der Waals surface area contributed by atoms with Gasteiger partial charge in [-0.25, -0.2) is 0 Å². The summed E-state index contributed by atoms with van der Waals surface area (Å²) in [5, 5.41) is 10.0. The highest BCUT2D eigenvalue weighted by molar-refractivity contribution is 7.84. The minimum absolute atomic E-state index is 0.260. The van der Waals surface area contributed by atoms with Crippen LogP contribution in [0.5, 0.6) is 5.75 Å². The molecule has 25 heavy (non-hydrogen) atoms. The number of rotatable bonds is 7. The lowest BCUT2D eigenvalue weighted by Crippen LogP contribution is -2.34. The van der Waals surface area contributed by atoms with Crippen LogP contribution < -0.4 is 4.74 Å². The monoisotopic (exact) mass is 369 g/mol. The first-order valence-corrected chi connectivity index (χ1v) is 10.9. The Kier molecular flexibility index (Phi) is 9.69. The van der Waals surface area contributed by atoms with Crippen LogP contribution in [0.25, 0.3) is 0 Å². The Balaban J connectivity index is 0.00000151. The first-order chi connectivity index (χ1) is 11.9. The summed E-state index contributed by atoms with van der Waals surface area (Å²) >= 11 is 0. The van der Waals surface area contributed by atoms with Crippen LogP contribution >= 0.6 is 0 Å². The van der Waals surface area contributed by atoms with Gasteiger partial charge < -0.3 is 14.7 Å². The number of nitrogens with zero attached hydrogens (tertiary/aromatic N) is 1. The molecule has 0 amide bonds. The summed E-state index contributed by atoms with van der Waals surface area (Å²) in [5.74, 6) is 2.17. The van der Waals surface area contributed by atoms with Gasteiger partial charge in [-0.3, -0.25) is 4.21 Å². The maximum atomic E-state index is 11.4. The molecule has 4 nitrogen and oxygen atoms in total. The molecule has 1 fully saturated rings. The second-order valence-electron chi connectivity index (χ2n) is 7.00. The minimum Gasteiger partial charge on any atom is -0.493 e. The molecule has 5 heteroatoms. The van der Waals surface area contributed by atoms with Gasteiger partial charge in [0.15, 0.2) is 0 Å². The van der Waals surface area contributed by atoms with E-state index in [2.05, 4.69) is 25.7 Å². The van der Waals surface area contributed by atoms with Gasteiger partial charge in [0.25, 0.3) is 0 Å². The Hall–Kier alpha value is -0.910. The van der Waals surface area contributed by atoms with Crippen molar-refractivity contribution in [1.82, 2.24) is 4.90 Å². The first kappa shape index (κ1) is 22.1. The molecule has 0 saturated carbocycles. The van der Waals surface area contributed by atoms with E-state index in [4.69, 9.17) is 4.74 Å². The van der Waals surface area contributed by atoms with E-state index < -0.39 is 10.8 Å². The SMILES string of the molecule is CC.CC(C)C(O)CN1CC(C)C(COc2ccc(S(C)=O)cc2)C1. The Morgan fingerprint density at radius 3 is 2.36 bits per heavy atom. The normalized spacial score (nSPS) is 23.0. The highest BCUT2D eigenvalue weighted by atomic mass is 32.2. The van der Waals surface area contributed by atoms with Crippen molar-refractivity contribution < 1.29 is 14.1 Å². The molecule has 1 N–H and O–H groups in total. The fourth-order valence-electron chi connectivity index (χ4n) is 2.91. The van der Waals surface area contributed by atoms with Crippen LogP contribution in [0.15, 0.2) is 29.2 Å². The van der Waals surface area contributed by atoms with Crippen LogP contribution in [0.3, 0.4) is 0 Å². The highest BCUT2D eigenvalue weighted by Crippen LogP contribution is 2.25. The molecule has 0 bridgehead atoms. The molecule has 1 aliphatic rings. The highest BCUT2D eigenvalue weighted by Gasteiger charge is 2.31. The third kappa shape index (κ3) is 7.08. The number of hydrogen-bond acceptors (Lipinski definition) is 4. The average molecular weight is 370 g/mol. The maximum Gasteiger partial charge on any atom is 0.119 e. The molecule has 4 atom stereocenters. The topological polar surface area (TPSA) is 49.8 Å². The van der Waals surface area contributed by atoms with Crippen LogP contribution in [0, 0.1) is 17.8 Å². The van der Waals surface area contributed by atoms with Gasteiger partial charge in [0.05, 0.1) is 12.7 Å². The molecule has 0 aliphatic carbocycles. The van der Waals surface area contributed by atoms with Crippen molar-refractivity contribution in [3.05, 3.63) is 24.3 Å². The zero-order chi connectivity index (χ0) is 19.0. The summed E-state index contributed by atoms with van der Waals surface area (Å²) in [4.78, 5) is 3.16. The third-order valence-electron chi connectivity index (χ3n) is 4.68. The molecule has 144 valence electrons. The number of hydrogen-bond donors (Lipinski definition) is 1. The Morgan fingerprint density at radius 1 is 1.24 bits per heavy atom. The van der Waals surface area contributed by atoms with Gasteiger partial charge in [0.1, 0.15) is 5.75 Å². The van der Waals surface area contributed by atoms with Gasteiger partial charge in [-0.2, -0.15) is 0 Å². The lowest BCUT2D eigenvalue weighted by Gasteiger charge is -2.22. The Bertz CT molecular complexity index is 518. The predicted octanol–water partition coefficient (Wildman–Crippen LogP) is 3.41. The zero-order valence-corrected chi connectivity index (χ0v) is 17.4. The fourth-order valence-corrected chi connectivity index (χ4v) is 3.43. The van der Waals surface area contributed by atoms with E-state index in [1.54, 1.807) is 6.26 Å². The first-order valence-electron chi connectivity index (χ1n) is 9.33. The molecule has 0 radical (unpaired) electrons. The fraction of sp³-hybridized carbons (Fsp3) is 0.700. The average Bonchev–Trinajstić information content (AvgIpc) is 2.94. The van der Waals surface area contributed by atoms with Crippen molar-refractivity contribution in [3.8, 4) is 5.75 Å². The predicted molar refractivity (Wildman–Crippen MR) is 106 cm³/mol. The number of β-amino-alcohol motifs (C(OH)–C–C–N with tert-alkyl or cyclic N) is 1. The van der Waals surface area contributed by atoms with E-state index in [1.807, 2.05) is 38.1 Å². The van der Waals surface area contributed by atoms with Crippen molar-refractivity contribution in [2.45, 2.75) is 45.6 Å². The lowest BCUT2D eigenvalue weighted by molar-refractivity contribution is 0.0826. The number of aliphatic hydroxyl groups excluding tert-OH is 1. The van der Waals surface area contributed by atoms with E-state index >= 15 is 0 Å². The molecule has 1 aromatic rings. The van der Waals surface area contributed by atoms with E-state index in [0.717, 1.165) is 30.3 Å². The Labute approximate surface area is 156 Å². The molecule has 2 rings (SSSR count). The van der Waals surface area contributed by atoms with E-state index in [9.17, 15) is 9.32 Å². The van der Waals surface area contributed by atoms with Crippen molar-refractivity contribution in [2.75, 3.05) is 32.5 Å². The van der Waals surface area contributed by atoms with Gasteiger partial charge in [0.2, 0.25) is 0 Å². The van der Waals surface area contributed by atoms with Crippen LogP contribution in [0.4, 0.5) is 0 Å². The summed E-state index contributed by atoms with van der Waals surface area (Å²) in [6, 6.07) is 7.48. The molecular formula is C20H35NO3S. The summed E-state index contributed by atoms with van der Waals surface area (Å²) in [7, 11) is -0.949. The second kappa shape index (κ2) is 10.9. The summed E-state index contributed by atoms with van der Waals surface area (Å²) in [6.45, 7) is 13.8. The third-order valence-corrected chi connectivity index (χ3v) is 5.61. The largest absolute Gasteiger partial charge is 0.493 e. The van der Waals surface area contributed by atoms with Crippen LogP contribution in [-0.2, 0) is 10.8 Å². The molecule has 1 aliphatic heterocycles. The molecule has 1 saturated heterocycles. The van der Waals surface area contributed by atoms with Crippen molar-refractivity contribution in [2.24, 2.45) is 17.8 Å². The molecule has 0 spiro atoms. The Morgan fingerprint density at radius 2 is 1.84 bits per heavy atom. The standard InChI is InChI=1S/C18H29NO3S.C2H6/c1-13(2)18(20)11-19-9-14(3)15(10-19)12-22-16-5-7-17(8-6-16)23(4)21;1-2/h5-8,13-15,18,20H,9-12H2,1-4H3;1-2H3. The lowest BCUT2D eigenvalue weighted by atomic mass is 9.99. The molecule has 1 aromatic carbocycles. The number of ether oxygens (including phenoxy) is 1. The smallest absolute Gasteiger partial charge is 0.119 e. The number of benzene rings is 1. The molecule has 4 unspecified atom stereocenters. The van der Waals surface area contributed by atoms with Gasteiger partial charge in [-0.1, -0.05) is 34.6 Å². The number of aliphatic hydroxyl groups is 1. The van der Waals surface area contributed by atoms with Crippen LogP contribution in [-0.4, -0.2) is 52.8 Å². The quantitative estimate of drug-likeness (QED) is 0.800. The summed E-state index contributed by atoms with van der Waals surface area (Å²) < 4.78 is 17.3. The van der Waals surface area contributed by atoms with Crippen molar-refractivity contribution >= 4 is 10.8 Å². The van der Waals surface area contributed by atoms with Crippen LogP contribution in [0.2, 0.25) is 0 Å². The zero-order valence-electron chi connectivity index (χ0n) is 16.6. The van der Waals surface area contributed by atoms with E-state index in [1.165, 1.54) is 0 Å². The van der Waals surface area contributed by atoms with Gasteiger partial charge in [-0.05, 0) is 36.1 Å². The van der Waals surface area contributed by atoms with E-state index in [-0.39, 0.29) is 6.10 Å². The van der Waals surface area contributed by atoms with Crippen molar-refractivity contribution in [1.29, 1.82) is 0 Å². The van der Waals surface area contributed by atoms with Gasteiger partial charge in [-0.15, -0.1) is 0 Å². The van der Waals surface area contributed by atoms with E-state index in [0.29, 0.717) is 24.4 Å². The molecule has 0 aromatic heterocycles. The molecule has 1 heterocycles. The van der Waals surface area contributed by atoms with Crippen molar-refractivity contribution in [3.63, 3.8) is 0 Å². The van der Waals surface area contributed by atoms with Crippen LogP contribution in [0.1, 0.15) is 34.6 Å². The summed E-state index contributed by atoms with van der Waals surface area (Å²) in [6.07, 6.45) is 1.42. The minimum atomic E-state index is -0.949. The number of likely N-dealkylation sites (tertiary alicyclic amines) is 1. The molecular weight excluding hydrogens is 334 g/mol. The second-order valence-corrected chi connectivity index (χ2v) is 8.38.